The van der Waals surface area contributed by atoms with Gasteiger partial charge in [-0.1, -0.05) is 24.3 Å². The molecule has 110 valence electrons. The molecule has 21 heavy (non-hydrogen) atoms. The molecule has 1 aliphatic rings. The summed E-state index contributed by atoms with van der Waals surface area (Å²) in [7, 11) is 0. The first-order chi connectivity index (χ1) is 10.3. The Bertz CT molecular complexity index is 557. The van der Waals surface area contributed by atoms with Gasteiger partial charge in [-0.25, -0.2) is 0 Å². The van der Waals surface area contributed by atoms with E-state index in [0.29, 0.717) is 5.75 Å². The van der Waals surface area contributed by atoms with Gasteiger partial charge in [-0.2, -0.15) is 0 Å². The lowest BCUT2D eigenvalue weighted by Gasteiger charge is -2.15. The summed E-state index contributed by atoms with van der Waals surface area (Å²) in [5.74, 6) is 1.21. The van der Waals surface area contributed by atoms with E-state index >= 15 is 0 Å². The number of phenolic OH excluding ortho intramolecular Hbond substituents is 1. The summed E-state index contributed by atoms with van der Waals surface area (Å²) >= 11 is 0. The van der Waals surface area contributed by atoms with Gasteiger partial charge in [0, 0.05) is 6.54 Å². The molecule has 0 atom stereocenters. The highest BCUT2D eigenvalue weighted by molar-refractivity contribution is 5.64. The molecule has 1 N–H and O–H groups in total. The van der Waals surface area contributed by atoms with Gasteiger partial charge in [-0.05, 0) is 61.3 Å². The van der Waals surface area contributed by atoms with Gasteiger partial charge >= 0.3 is 0 Å². The molecular formula is C18H21NO2. The molecule has 0 saturated carbocycles. The third kappa shape index (κ3) is 3.76. The SMILES string of the molecule is Oc1ccc(-c2ccc(OCCN3CCCC3)cc2)cc1. The molecule has 2 aromatic rings. The van der Waals surface area contributed by atoms with E-state index < -0.39 is 0 Å². The summed E-state index contributed by atoms with van der Waals surface area (Å²) in [4.78, 5) is 2.45. The van der Waals surface area contributed by atoms with Gasteiger partial charge in [0.15, 0.2) is 0 Å². The summed E-state index contributed by atoms with van der Waals surface area (Å²) in [6.07, 6.45) is 2.64. The van der Waals surface area contributed by atoms with Crippen LogP contribution in [0.5, 0.6) is 11.5 Å². The van der Waals surface area contributed by atoms with E-state index in [9.17, 15) is 5.11 Å². The monoisotopic (exact) mass is 283 g/mol. The Morgan fingerprint density at radius 2 is 1.43 bits per heavy atom. The van der Waals surface area contributed by atoms with Crippen molar-refractivity contribution in [3.8, 4) is 22.6 Å². The van der Waals surface area contributed by atoms with Crippen molar-refractivity contribution in [3.05, 3.63) is 48.5 Å². The summed E-state index contributed by atoms with van der Waals surface area (Å²) in [6.45, 7) is 4.19. The molecule has 2 aromatic carbocycles. The lowest BCUT2D eigenvalue weighted by Crippen LogP contribution is -2.25. The zero-order valence-corrected chi connectivity index (χ0v) is 12.2. The molecule has 1 fully saturated rings. The van der Waals surface area contributed by atoms with E-state index in [1.54, 1.807) is 12.1 Å². The molecule has 0 amide bonds. The molecule has 3 nitrogen and oxygen atoms in total. The average molecular weight is 283 g/mol. The molecule has 0 unspecified atom stereocenters. The lowest BCUT2D eigenvalue weighted by molar-refractivity contribution is 0.238. The second kappa shape index (κ2) is 6.64. The molecule has 1 saturated heterocycles. The second-order valence-corrected chi connectivity index (χ2v) is 5.47. The third-order valence-corrected chi connectivity index (χ3v) is 3.93. The number of phenols is 1. The maximum absolute atomic E-state index is 9.31. The number of rotatable bonds is 5. The largest absolute Gasteiger partial charge is 0.508 e. The molecule has 0 aliphatic carbocycles. The molecule has 1 aliphatic heterocycles. The molecule has 0 bridgehead atoms. The van der Waals surface area contributed by atoms with Gasteiger partial charge in [-0.3, -0.25) is 4.90 Å². The van der Waals surface area contributed by atoms with Crippen LogP contribution in [-0.4, -0.2) is 36.2 Å². The van der Waals surface area contributed by atoms with Gasteiger partial charge in [0.1, 0.15) is 18.1 Å². The Morgan fingerprint density at radius 1 is 0.857 bits per heavy atom. The highest BCUT2D eigenvalue weighted by Crippen LogP contribution is 2.24. The quantitative estimate of drug-likeness (QED) is 0.911. The van der Waals surface area contributed by atoms with E-state index in [1.807, 2.05) is 24.3 Å². The Balaban J connectivity index is 1.55. The van der Waals surface area contributed by atoms with E-state index in [2.05, 4.69) is 17.0 Å². The van der Waals surface area contributed by atoms with Gasteiger partial charge in [0.25, 0.3) is 0 Å². The Morgan fingerprint density at radius 3 is 2.05 bits per heavy atom. The van der Waals surface area contributed by atoms with Gasteiger partial charge in [0.05, 0.1) is 0 Å². The smallest absolute Gasteiger partial charge is 0.119 e. The van der Waals surface area contributed by atoms with Crippen molar-refractivity contribution in [1.29, 1.82) is 0 Å². The number of aromatic hydroxyl groups is 1. The van der Waals surface area contributed by atoms with Gasteiger partial charge in [-0.15, -0.1) is 0 Å². The van der Waals surface area contributed by atoms with Crippen molar-refractivity contribution in [2.24, 2.45) is 0 Å². The minimum Gasteiger partial charge on any atom is -0.508 e. The van der Waals surface area contributed by atoms with Crippen molar-refractivity contribution >= 4 is 0 Å². The van der Waals surface area contributed by atoms with Gasteiger partial charge in [0.2, 0.25) is 0 Å². The van der Waals surface area contributed by atoms with Gasteiger partial charge < -0.3 is 9.84 Å². The molecule has 0 spiro atoms. The fraction of sp³-hybridized carbons (Fsp3) is 0.333. The fourth-order valence-corrected chi connectivity index (χ4v) is 2.70. The highest BCUT2D eigenvalue weighted by atomic mass is 16.5. The number of nitrogens with zero attached hydrogens (tertiary/aromatic N) is 1. The molecule has 1 heterocycles. The topological polar surface area (TPSA) is 32.7 Å². The molecule has 3 rings (SSSR count). The van der Waals surface area contributed by atoms with E-state index in [0.717, 1.165) is 30.0 Å². The van der Waals surface area contributed by atoms with E-state index in [-0.39, 0.29) is 0 Å². The first-order valence-electron chi connectivity index (χ1n) is 7.56. The fourth-order valence-electron chi connectivity index (χ4n) is 2.70. The van der Waals surface area contributed by atoms with Crippen LogP contribution in [0.1, 0.15) is 12.8 Å². The minimum absolute atomic E-state index is 0.292. The van der Waals surface area contributed by atoms with Crippen molar-refractivity contribution in [1.82, 2.24) is 4.90 Å². The summed E-state index contributed by atoms with van der Waals surface area (Å²) < 4.78 is 5.80. The average Bonchev–Trinajstić information content (AvgIpc) is 3.02. The number of benzene rings is 2. The molecule has 0 radical (unpaired) electrons. The van der Waals surface area contributed by atoms with Crippen LogP contribution in [0, 0.1) is 0 Å². The van der Waals surface area contributed by atoms with Crippen LogP contribution in [0.2, 0.25) is 0 Å². The minimum atomic E-state index is 0.292. The van der Waals surface area contributed by atoms with Crippen molar-refractivity contribution in [2.75, 3.05) is 26.2 Å². The van der Waals surface area contributed by atoms with Crippen LogP contribution in [0.25, 0.3) is 11.1 Å². The first kappa shape index (κ1) is 14.0. The third-order valence-electron chi connectivity index (χ3n) is 3.93. The second-order valence-electron chi connectivity index (χ2n) is 5.47. The molecule has 0 aromatic heterocycles. The molecular weight excluding hydrogens is 262 g/mol. The van der Waals surface area contributed by atoms with Crippen LogP contribution in [0.3, 0.4) is 0 Å². The van der Waals surface area contributed by atoms with E-state index in [1.165, 1.54) is 25.9 Å². The normalized spacial score (nSPS) is 15.2. The van der Waals surface area contributed by atoms with E-state index in [4.69, 9.17) is 4.74 Å². The summed E-state index contributed by atoms with van der Waals surface area (Å²) in [5, 5.41) is 9.31. The maximum atomic E-state index is 9.31. The summed E-state index contributed by atoms with van der Waals surface area (Å²) in [6, 6.07) is 15.4. The lowest BCUT2D eigenvalue weighted by atomic mass is 10.1. The van der Waals surface area contributed by atoms with Crippen LogP contribution < -0.4 is 4.74 Å². The maximum Gasteiger partial charge on any atom is 0.119 e. The zero-order chi connectivity index (χ0) is 14.5. The van der Waals surface area contributed by atoms with Crippen LogP contribution in [-0.2, 0) is 0 Å². The number of ether oxygens (including phenoxy) is 1. The Labute approximate surface area is 125 Å². The highest BCUT2D eigenvalue weighted by Gasteiger charge is 2.10. The number of likely N-dealkylation sites (tertiary alicyclic amines) is 1. The Hall–Kier alpha value is -2.00. The summed E-state index contributed by atoms with van der Waals surface area (Å²) in [5.41, 5.74) is 2.22. The number of hydrogen-bond donors (Lipinski definition) is 1. The Kier molecular flexibility index (Phi) is 4.41. The van der Waals surface area contributed by atoms with Crippen LogP contribution in [0.4, 0.5) is 0 Å². The number of hydrogen-bond acceptors (Lipinski definition) is 3. The predicted molar refractivity (Wildman–Crippen MR) is 84.7 cm³/mol. The van der Waals surface area contributed by atoms with Crippen molar-refractivity contribution < 1.29 is 9.84 Å². The molecule has 3 heteroatoms. The van der Waals surface area contributed by atoms with Crippen LogP contribution in [0.15, 0.2) is 48.5 Å². The van der Waals surface area contributed by atoms with Crippen molar-refractivity contribution in [2.45, 2.75) is 12.8 Å². The van der Waals surface area contributed by atoms with Crippen LogP contribution >= 0.6 is 0 Å². The predicted octanol–water partition coefficient (Wildman–Crippen LogP) is 3.53. The van der Waals surface area contributed by atoms with Crippen molar-refractivity contribution in [3.63, 3.8) is 0 Å². The zero-order valence-electron chi connectivity index (χ0n) is 12.2. The standard InChI is InChI=1S/C18H21NO2/c20-17-7-3-15(4-8-17)16-5-9-18(10-6-16)21-14-13-19-11-1-2-12-19/h3-10,20H,1-2,11-14H2. The first-order valence-corrected chi connectivity index (χ1v) is 7.56.